The van der Waals surface area contributed by atoms with Crippen LogP contribution in [0.5, 0.6) is 11.5 Å². The zero-order chi connectivity index (χ0) is 30.0. The van der Waals surface area contributed by atoms with Crippen LogP contribution in [-0.2, 0) is 43.1 Å². The molecule has 2 aromatic carbocycles. The summed E-state index contributed by atoms with van der Waals surface area (Å²) in [4.78, 5) is 35.3. The molecule has 0 saturated carbocycles. The van der Waals surface area contributed by atoms with Crippen LogP contribution >= 0.6 is 0 Å². The predicted octanol–water partition coefficient (Wildman–Crippen LogP) is 6.17. The highest BCUT2D eigenvalue weighted by Crippen LogP contribution is 2.29. The average Bonchev–Trinajstić information content (AvgIpc) is 2.97. The van der Waals surface area contributed by atoms with Crippen molar-refractivity contribution in [1.82, 2.24) is 0 Å². The third-order valence-electron chi connectivity index (χ3n) is 7.10. The molecule has 0 amide bonds. The number of rotatable bonds is 20. The Morgan fingerprint density at radius 3 is 2.20 bits per heavy atom. The van der Waals surface area contributed by atoms with Gasteiger partial charge in [-0.25, -0.2) is 4.79 Å². The van der Waals surface area contributed by atoms with Gasteiger partial charge in [0.2, 0.25) is 0 Å². The minimum absolute atomic E-state index is 0.0427. The molecule has 41 heavy (non-hydrogen) atoms. The lowest BCUT2D eigenvalue weighted by molar-refractivity contribution is -0.154. The van der Waals surface area contributed by atoms with E-state index in [9.17, 15) is 19.5 Å². The maximum Gasteiger partial charge on any atom is 0.335 e. The van der Waals surface area contributed by atoms with Gasteiger partial charge in [-0.2, -0.15) is 0 Å². The van der Waals surface area contributed by atoms with E-state index >= 15 is 0 Å². The molecule has 0 saturated heterocycles. The van der Waals surface area contributed by atoms with Gasteiger partial charge in [-0.05, 0) is 68.2 Å². The minimum Gasteiger partial charge on any atom is -0.507 e. The van der Waals surface area contributed by atoms with Gasteiger partial charge in [-0.3, -0.25) is 9.59 Å². The summed E-state index contributed by atoms with van der Waals surface area (Å²) in [5.41, 5.74) is 3.52. The van der Waals surface area contributed by atoms with Crippen LogP contribution in [0.2, 0.25) is 0 Å². The number of methoxy groups -OCH3 is 2. The fraction of sp³-hybridized carbons (Fsp3) is 0.545. The van der Waals surface area contributed by atoms with Crippen LogP contribution < -0.4 is 4.74 Å². The summed E-state index contributed by atoms with van der Waals surface area (Å²) < 4.78 is 21.5. The largest absolute Gasteiger partial charge is 0.507 e. The van der Waals surface area contributed by atoms with Crippen LogP contribution in [0.25, 0.3) is 0 Å². The number of ketones is 1. The van der Waals surface area contributed by atoms with E-state index in [1.165, 1.54) is 26.7 Å². The summed E-state index contributed by atoms with van der Waals surface area (Å²) in [7, 11) is 2.76. The lowest BCUT2D eigenvalue weighted by atomic mass is 9.97. The van der Waals surface area contributed by atoms with Crippen molar-refractivity contribution < 1.29 is 38.4 Å². The molecule has 0 spiro atoms. The van der Waals surface area contributed by atoms with E-state index in [0.717, 1.165) is 62.5 Å². The third kappa shape index (κ3) is 11.9. The van der Waals surface area contributed by atoms with Crippen LogP contribution in [-0.4, -0.2) is 56.4 Å². The molecule has 0 aliphatic rings. The number of esters is 2. The second-order valence-electron chi connectivity index (χ2n) is 10.1. The van der Waals surface area contributed by atoms with E-state index in [4.69, 9.17) is 14.2 Å². The normalized spacial score (nSPS) is 11.6. The van der Waals surface area contributed by atoms with Crippen LogP contribution in [0.15, 0.2) is 36.4 Å². The number of aromatic hydroxyl groups is 1. The molecule has 1 N–H and O–H groups in total. The summed E-state index contributed by atoms with van der Waals surface area (Å²) in [5.74, 6) is -0.175. The number of unbranched alkanes of at least 4 members (excludes halogenated alkanes) is 5. The molecule has 2 aromatic rings. The lowest BCUT2D eigenvalue weighted by Gasteiger charge is -2.18. The first-order valence-electron chi connectivity index (χ1n) is 14.6. The number of phenols is 1. The Morgan fingerprint density at radius 1 is 0.829 bits per heavy atom. The lowest BCUT2D eigenvalue weighted by Crippen LogP contribution is -2.29. The first-order chi connectivity index (χ1) is 19.8. The van der Waals surface area contributed by atoms with Gasteiger partial charge in [0.25, 0.3) is 0 Å². The standard InChI is InChI=1S/C33H46O8/c1-5-25-21-28(24(2)34)29(35)23-30(25)40-19-13-7-6-9-15-26-16-11-12-17-27(26)22-31(33(37)39-4)41-20-14-8-10-18-32(36)38-3/h11-12,16-17,21,23,31,35H,5-10,13-15,18-20,22H2,1-4H3. The molecule has 0 bridgehead atoms. The van der Waals surface area contributed by atoms with Gasteiger partial charge in [0.05, 0.1) is 26.4 Å². The third-order valence-corrected chi connectivity index (χ3v) is 7.10. The van der Waals surface area contributed by atoms with Gasteiger partial charge in [0, 0.05) is 25.5 Å². The van der Waals surface area contributed by atoms with Gasteiger partial charge < -0.3 is 24.1 Å². The van der Waals surface area contributed by atoms with Crippen molar-refractivity contribution >= 4 is 17.7 Å². The molecular weight excluding hydrogens is 524 g/mol. The number of carbonyl (C=O) groups is 3. The van der Waals surface area contributed by atoms with Crippen LogP contribution in [0, 0.1) is 0 Å². The SMILES string of the molecule is CCc1cc(C(C)=O)c(O)cc1OCCCCCCc1ccccc1CC(OCCCCCC(=O)OC)C(=O)OC. The Bertz CT molecular complexity index is 1110. The van der Waals surface area contributed by atoms with Crippen molar-refractivity contribution in [3.8, 4) is 11.5 Å². The Labute approximate surface area is 244 Å². The quantitative estimate of drug-likeness (QED) is 0.114. The van der Waals surface area contributed by atoms with Crippen molar-refractivity contribution in [2.24, 2.45) is 0 Å². The van der Waals surface area contributed by atoms with Gasteiger partial charge in [-0.1, -0.05) is 50.5 Å². The zero-order valence-corrected chi connectivity index (χ0v) is 25.0. The highest BCUT2D eigenvalue weighted by molar-refractivity contribution is 5.97. The fourth-order valence-corrected chi connectivity index (χ4v) is 4.68. The van der Waals surface area contributed by atoms with Gasteiger partial charge in [0.15, 0.2) is 11.9 Å². The van der Waals surface area contributed by atoms with Crippen molar-refractivity contribution in [2.75, 3.05) is 27.4 Å². The number of hydrogen-bond acceptors (Lipinski definition) is 8. The van der Waals surface area contributed by atoms with Crippen LogP contribution in [0.1, 0.15) is 92.3 Å². The van der Waals surface area contributed by atoms with Gasteiger partial charge in [0.1, 0.15) is 11.5 Å². The number of carbonyl (C=O) groups excluding carboxylic acids is 3. The Morgan fingerprint density at radius 2 is 1.51 bits per heavy atom. The molecule has 0 aliphatic heterocycles. The van der Waals surface area contributed by atoms with E-state index < -0.39 is 6.10 Å². The zero-order valence-electron chi connectivity index (χ0n) is 25.0. The van der Waals surface area contributed by atoms with E-state index in [1.54, 1.807) is 12.1 Å². The molecule has 1 atom stereocenters. The van der Waals surface area contributed by atoms with E-state index in [2.05, 4.69) is 10.8 Å². The van der Waals surface area contributed by atoms with Crippen molar-refractivity contribution in [1.29, 1.82) is 0 Å². The number of aryl methyl sites for hydroxylation is 2. The summed E-state index contributed by atoms with van der Waals surface area (Å²) in [6.07, 6.45) is 8.02. The summed E-state index contributed by atoms with van der Waals surface area (Å²) >= 11 is 0. The van der Waals surface area contributed by atoms with Gasteiger partial charge in [-0.15, -0.1) is 0 Å². The average molecular weight is 571 g/mol. The molecule has 0 aliphatic carbocycles. The molecule has 0 radical (unpaired) electrons. The molecular formula is C33H46O8. The summed E-state index contributed by atoms with van der Waals surface area (Å²) in [5, 5.41) is 10.1. The second kappa shape index (κ2) is 18.9. The van der Waals surface area contributed by atoms with Crippen molar-refractivity contribution in [3.05, 3.63) is 58.7 Å². The summed E-state index contributed by atoms with van der Waals surface area (Å²) in [6, 6.07) is 11.4. The molecule has 226 valence electrons. The highest BCUT2D eigenvalue weighted by atomic mass is 16.6. The molecule has 8 nitrogen and oxygen atoms in total. The van der Waals surface area contributed by atoms with Crippen molar-refractivity contribution in [3.63, 3.8) is 0 Å². The number of hydrogen-bond donors (Lipinski definition) is 1. The Balaban J connectivity index is 1.78. The molecule has 0 heterocycles. The van der Waals surface area contributed by atoms with Gasteiger partial charge >= 0.3 is 11.9 Å². The van der Waals surface area contributed by atoms with E-state index in [-0.39, 0.29) is 23.5 Å². The number of phenolic OH excluding ortho intramolecular Hbond substituents is 1. The number of benzene rings is 2. The number of Topliss-reactive ketones (excluding diaryl/α,β-unsaturated/α-hetero) is 1. The monoisotopic (exact) mass is 570 g/mol. The Kier molecular flexibility index (Phi) is 15.6. The minimum atomic E-state index is -0.670. The molecule has 8 heteroatoms. The van der Waals surface area contributed by atoms with Crippen LogP contribution in [0.3, 0.4) is 0 Å². The first-order valence-corrected chi connectivity index (χ1v) is 14.6. The summed E-state index contributed by atoms with van der Waals surface area (Å²) in [6.45, 7) is 4.41. The molecule has 0 fully saturated rings. The first kappa shape index (κ1) is 33.8. The highest BCUT2D eigenvalue weighted by Gasteiger charge is 2.21. The molecule has 0 aromatic heterocycles. The van der Waals surface area contributed by atoms with E-state index in [0.29, 0.717) is 43.8 Å². The Hall–Kier alpha value is -3.39. The number of ether oxygens (including phenoxy) is 4. The topological polar surface area (TPSA) is 108 Å². The van der Waals surface area contributed by atoms with Crippen LogP contribution in [0.4, 0.5) is 0 Å². The smallest absolute Gasteiger partial charge is 0.335 e. The second-order valence-corrected chi connectivity index (χ2v) is 10.1. The predicted molar refractivity (Wildman–Crippen MR) is 158 cm³/mol. The van der Waals surface area contributed by atoms with E-state index in [1.807, 2.05) is 25.1 Å². The molecule has 2 rings (SSSR count). The van der Waals surface area contributed by atoms with Crippen molar-refractivity contribution in [2.45, 2.75) is 90.6 Å². The maximum absolute atomic E-state index is 12.4. The fourth-order valence-electron chi connectivity index (χ4n) is 4.68. The molecule has 1 unspecified atom stereocenters. The maximum atomic E-state index is 12.4.